The Morgan fingerprint density at radius 2 is 1.73 bits per heavy atom. The molecule has 1 saturated carbocycles. The van der Waals surface area contributed by atoms with E-state index in [0.29, 0.717) is 6.42 Å². The summed E-state index contributed by atoms with van der Waals surface area (Å²) in [5.41, 5.74) is 0. The van der Waals surface area contributed by atoms with E-state index in [1.54, 1.807) is 0 Å². The molecule has 15 heavy (non-hydrogen) atoms. The van der Waals surface area contributed by atoms with Crippen LogP contribution in [0.25, 0.3) is 0 Å². The molecule has 4 nitrogen and oxygen atoms in total. The largest absolute Gasteiger partial charge is 0.390 e. The first-order valence-corrected chi connectivity index (χ1v) is 5.67. The van der Waals surface area contributed by atoms with Gasteiger partial charge in [0.25, 0.3) is 0 Å². The fraction of sp³-hybridized carbons (Fsp3) is 1.00. The van der Waals surface area contributed by atoms with Crippen molar-refractivity contribution in [1.29, 1.82) is 0 Å². The Morgan fingerprint density at radius 3 is 2.20 bits per heavy atom. The first-order chi connectivity index (χ1) is 6.97. The van der Waals surface area contributed by atoms with E-state index in [-0.39, 0.29) is 18.1 Å². The second-order valence-electron chi connectivity index (χ2n) is 4.60. The molecule has 0 aliphatic heterocycles. The fourth-order valence-corrected chi connectivity index (χ4v) is 2.17. The molecule has 90 valence electrons. The highest BCUT2D eigenvalue weighted by atomic mass is 16.5. The minimum atomic E-state index is -1.09. The Balaban J connectivity index is 2.65. The second kappa shape index (κ2) is 5.25. The highest BCUT2D eigenvalue weighted by Crippen LogP contribution is 2.30. The van der Waals surface area contributed by atoms with E-state index in [4.69, 9.17) is 4.74 Å². The van der Waals surface area contributed by atoms with Crippen LogP contribution in [-0.2, 0) is 4.74 Å². The molecule has 0 saturated heterocycles. The Hall–Kier alpha value is -0.160. The highest BCUT2D eigenvalue weighted by Gasteiger charge is 2.42. The first kappa shape index (κ1) is 12.9. The topological polar surface area (TPSA) is 69.9 Å². The molecule has 1 rings (SSSR count). The average Bonchev–Trinajstić information content (AvgIpc) is 2.18. The van der Waals surface area contributed by atoms with Crippen molar-refractivity contribution in [2.75, 3.05) is 0 Å². The van der Waals surface area contributed by atoms with Gasteiger partial charge in [-0.3, -0.25) is 0 Å². The van der Waals surface area contributed by atoms with E-state index in [0.717, 1.165) is 6.42 Å². The van der Waals surface area contributed by atoms with E-state index in [1.807, 2.05) is 20.8 Å². The monoisotopic (exact) mass is 218 g/mol. The standard InChI is InChI=1S/C11H22O4/c1-4-7-5-8(15-6(2)3)10(13)11(14)9(7)12/h6-14H,4-5H2,1-3H3. The SMILES string of the molecule is CCC1CC(OC(C)C)C(O)C(O)C1O. The van der Waals surface area contributed by atoms with Gasteiger partial charge in [0.2, 0.25) is 0 Å². The number of hydrogen-bond donors (Lipinski definition) is 3. The van der Waals surface area contributed by atoms with Crippen LogP contribution >= 0.6 is 0 Å². The van der Waals surface area contributed by atoms with Crippen LogP contribution in [0.5, 0.6) is 0 Å². The Bertz CT molecular complexity index is 193. The van der Waals surface area contributed by atoms with E-state index in [1.165, 1.54) is 0 Å². The molecule has 0 aromatic rings. The summed E-state index contributed by atoms with van der Waals surface area (Å²) in [6, 6.07) is 0. The van der Waals surface area contributed by atoms with Crippen molar-refractivity contribution in [1.82, 2.24) is 0 Å². The maximum atomic E-state index is 9.74. The third-order valence-corrected chi connectivity index (χ3v) is 3.07. The van der Waals surface area contributed by atoms with Gasteiger partial charge in [0, 0.05) is 0 Å². The molecule has 5 unspecified atom stereocenters. The number of aliphatic hydroxyl groups excluding tert-OH is 3. The van der Waals surface area contributed by atoms with E-state index in [2.05, 4.69) is 0 Å². The minimum Gasteiger partial charge on any atom is -0.390 e. The molecular weight excluding hydrogens is 196 g/mol. The van der Waals surface area contributed by atoms with Gasteiger partial charge in [0.15, 0.2) is 0 Å². The van der Waals surface area contributed by atoms with Crippen LogP contribution in [-0.4, -0.2) is 45.8 Å². The number of hydrogen-bond acceptors (Lipinski definition) is 4. The van der Waals surface area contributed by atoms with Crippen LogP contribution < -0.4 is 0 Å². The maximum Gasteiger partial charge on any atom is 0.109 e. The summed E-state index contributed by atoms with van der Waals surface area (Å²) in [6.07, 6.45) is -1.87. The van der Waals surface area contributed by atoms with Gasteiger partial charge in [-0.05, 0) is 26.2 Å². The van der Waals surface area contributed by atoms with Crippen molar-refractivity contribution in [2.24, 2.45) is 5.92 Å². The number of rotatable bonds is 3. The summed E-state index contributed by atoms with van der Waals surface area (Å²) in [5, 5.41) is 29.1. The molecule has 4 heteroatoms. The van der Waals surface area contributed by atoms with Gasteiger partial charge in [0.1, 0.15) is 12.2 Å². The molecule has 0 heterocycles. The summed E-state index contributed by atoms with van der Waals surface area (Å²) in [6.45, 7) is 5.75. The van der Waals surface area contributed by atoms with Gasteiger partial charge >= 0.3 is 0 Å². The zero-order valence-electron chi connectivity index (χ0n) is 9.63. The van der Waals surface area contributed by atoms with Crippen molar-refractivity contribution in [3.05, 3.63) is 0 Å². The van der Waals surface area contributed by atoms with Crippen molar-refractivity contribution in [3.8, 4) is 0 Å². The van der Waals surface area contributed by atoms with Gasteiger partial charge in [-0.25, -0.2) is 0 Å². The van der Waals surface area contributed by atoms with Crippen molar-refractivity contribution >= 4 is 0 Å². The van der Waals surface area contributed by atoms with Crippen LogP contribution in [0.1, 0.15) is 33.6 Å². The molecule has 0 bridgehead atoms. The highest BCUT2D eigenvalue weighted by molar-refractivity contribution is 4.93. The lowest BCUT2D eigenvalue weighted by Gasteiger charge is -2.40. The second-order valence-corrected chi connectivity index (χ2v) is 4.60. The van der Waals surface area contributed by atoms with Crippen molar-refractivity contribution in [3.63, 3.8) is 0 Å². The van der Waals surface area contributed by atoms with Crippen LogP contribution in [0.15, 0.2) is 0 Å². The van der Waals surface area contributed by atoms with E-state index >= 15 is 0 Å². The van der Waals surface area contributed by atoms with Gasteiger partial charge in [-0.1, -0.05) is 13.3 Å². The molecule has 5 atom stereocenters. The van der Waals surface area contributed by atoms with E-state index < -0.39 is 18.3 Å². The zero-order chi connectivity index (χ0) is 11.6. The Kier molecular flexibility index (Phi) is 4.52. The third kappa shape index (κ3) is 2.91. The summed E-state index contributed by atoms with van der Waals surface area (Å²) in [7, 11) is 0. The molecule has 0 amide bonds. The number of aliphatic hydroxyl groups is 3. The summed E-state index contributed by atoms with van der Waals surface area (Å²) >= 11 is 0. The van der Waals surface area contributed by atoms with Crippen LogP contribution in [0.4, 0.5) is 0 Å². The number of ether oxygens (including phenoxy) is 1. The fourth-order valence-electron chi connectivity index (χ4n) is 2.17. The van der Waals surface area contributed by atoms with Gasteiger partial charge in [-0.2, -0.15) is 0 Å². The molecule has 1 aliphatic rings. The normalized spacial score (nSPS) is 42.2. The Labute approximate surface area is 90.9 Å². The lowest BCUT2D eigenvalue weighted by molar-refractivity contribution is -0.182. The van der Waals surface area contributed by atoms with Crippen molar-refractivity contribution in [2.45, 2.75) is 64.1 Å². The predicted octanol–water partition coefficient (Wildman–Crippen LogP) is 0.293. The summed E-state index contributed by atoms with van der Waals surface area (Å²) < 4.78 is 5.53. The van der Waals surface area contributed by atoms with Crippen molar-refractivity contribution < 1.29 is 20.1 Å². The summed E-state index contributed by atoms with van der Waals surface area (Å²) in [4.78, 5) is 0. The molecule has 0 aromatic heterocycles. The van der Waals surface area contributed by atoms with Gasteiger partial charge < -0.3 is 20.1 Å². The quantitative estimate of drug-likeness (QED) is 0.637. The first-order valence-electron chi connectivity index (χ1n) is 5.67. The maximum absolute atomic E-state index is 9.74. The van der Waals surface area contributed by atoms with Crippen LogP contribution in [0, 0.1) is 5.92 Å². The molecule has 0 aromatic carbocycles. The van der Waals surface area contributed by atoms with Crippen LogP contribution in [0.2, 0.25) is 0 Å². The molecule has 0 spiro atoms. The lowest BCUT2D eigenvalue weighted by Crippen LogP contribution is -2.54. The predicted molar refractivity (Wildman–Crippen MR) is 56.4 cm³/mol. The zero-order valence-corrected chi connectivity index (χ0v) is 9.63. The molecular formula is C11H22O4. The Morgan fingerprint density at radius 1 is 1.13 bits per heavy atom. The van der Waals surface area contributed by atoms with Crippen LogP contribution in [0.3, 0.4) is 0 Å². The average molecular weight is 218 g/mol. The molecule has 1 fully saturated rings. The molecule has 0 radical (unpaired) electrons. The smallest absolute Gasteiger partial charge is 0.109 e. The third-order valence-electron chi connectivity index (χ3n) is 3.07. The van der Waals surface area contributed by atoms with Gasteiger partial charge in [-0.15, -0.1) is 0 Å². The lowest BCUT2D eigenvalue weighted by atomic mass is 9.79. The van der Waals surface area contributed by atoms with Gasteiger partial charge in [0.05, 0.1) is 18.3 Å². The molecule has 1 aliphatic carbocycles. The summed E-state index contributed by atoms with van der Waals surface area (Å²) in [5.74, 6) is 0.00662. The van der Waals surface area contributed by atoms with E-state index in [9.17, 15) is 15.3 Å². The molecule has 3 N–H and O–H groups in total. The minimum absolute atomic E-state index is 0.00662.